The molecule has 0 aliphatic carbocycles. The molecule has 1 saturated heterocycles. The molecule has 0 spiro atoms. The SMILES string of the molecule is O=C(C[C@H]1CCCO1)N[C@@H](c1cccc(Cl)c1)c1ccccn1. The zero-order valence-electron chi connectivity index (χ0n) is 12.7. The molecule has 2 heterocycles. The van der Waals surface area contributed by atoms with E-state index in [1.54, 1.807) is 6.20 Å². The third-order valence-electron chi connectivity index (χ3n) is 3.91. The van der Waals surface area contributed by atoms with Crippen LogP contribution in [0.15, 0.2) is 48.7 Å². The van der Waals surface area contributed by atoms with Crippen molar-refractivity contribution < 1.29 is 9.53 Å². The number of hydrogen-bond donors (Lipinski definition) is 1. The van der Waals surface area contributed by atoms with Gasteiger partial charge in [0, 0.05) is 17.8 Å². The first-order valence-electron chi connectivity index (χ1n) is 7.80. The number of ether oxygens (including phenoxy) is 1. The molecule has 1 aliphatic heterocycles. The molecule has 120 valence electrons. The van der Waals surface area contributed by atoms with Crippen molar-refractivity contribution in [3.05, 3.63) is 64.9 Å². The van der Waals surface area contributed by atoms with Crippen molar-refractivity contribution >= 4 is 17.5 Å². The average Bonchev–Trinajstić information content (AvgIpc) is 3.06. The van der Waals surface area contributed by atoms with E-state index in [2.05, 4.69) is 10.3 Å². The zero-order chi connectivity index (χ0) is 16.1. The van der Waals surface area contributed by atoms with E-state index < -0.39 is 0 Å². The highest BCUT2D eigenvalue weighted by Gasteiger charge is 2.23. The van der Waals surface area contributed by atoms with Crippen LogP contribution in [0.2, 0.25) is 5.02 Å². The van der Waals surface area contributed by atoms with Crippen molar-refractivity contribution in [3.8, 4) is 0 Å². The van der Waals surface area contributed by atoms with Gasteiger partial charge in [0.05, 0.1) is 24.3 Å². The van der Waals surface area contributed by atoms with Crippen LogP contribution in [0.3, 0.4) is 0 Å². The molecule has 2 aromatic rings. The number of pyridine rings is 1. The molecule has 2 atom stereocenters. The Hall–Kier alpha value is -1.91. The molecule has 0 saturated carbocycles. The van der Waals surface area contributed by atoms with Gasteiger partial charge in [0.2, 0.25) is 5.91 Å². The van der Waals surface area contributed by atoms with E-state index in [9.17, 15) is 4.79 Å². The van der Waals surface area contributed by atoms with Gasteiger partial charge in [0.1, 0.15) is 0 Å². The summed E-state index contributed by atoms with van der Waals surface area (Å²) in [6, 6.07) is 12.8. The number of carbonyl (C=O) groups excluding carboxylic acids is 1. The molecule has 1 amide bonds. The standard InChI is InChI=1S/C18H19ClN2O2/c19-14-6-3-5-13(11-14)18(16-8-1-2-9-20-16)21-17(22)12-15-7-4-10-23-15/h1-3,5-6,8-9,11,15,18H,4,7,10,12H2,(H,21,22)/t15-,18+/m1/s1. The van der Waals surface area contributed by atoms with E-state index in [-0.39, 0.29) is 18.1 Å². The van der Waals surface area contributed by atoms with Gasteiger partial charge >= 0.3 is 0 Å². The minimum Gasteiger partial charge on any atom is -0.378 e. The van der Waals surface area contributed by atoms with Crippen molar-refractivity contribution in [2.24, 2.45) is 0 Å². The number of aromatic nitrogens is 1. The number of nitrogens with zero attached hydrogens (tertiary/aromatic N) is 1. The van der Waals surface area contributed by atoms with Crippen LogP contribution < -0.4 is 5.32 Å². The summed E-state index contributed by atoms with van der Waals surface area (Å²) in [6.45, 7) is 0.746. The van der Waals surface area contributed by atoms with Gasteiger partial charge in [-0.3, -0.25) is 9.78 Å². The van der Waals surface area contributed by atoms with Gasteiger partial charge in [-0.1, -0.05) is 29.8 Å². The number of halogens is 1. The number of carbonyl (C=O) groups is 1. The van der Waals surface area contributed by atoms with Gasteiger partial charge < -0.3 is 10.1 Å². The first kappa shape index (κ1) is 16.0. The highest BCUT2D eigenvalue weighted by atomic mass is 35.5. The molecule has 0 radical (unpaired) electrons. The lowest BCUT2D eigenvalue weighted by atomic mass is 10.0. The number of benzene rings is 1. The van der Waals surface area contributed by atoms with Crippen molar-refractivity contribution in [2.75, 3.05) is 6.61 Å². The zero-order valence-corrected chi connectivity index (χ0v) is 13.5. The quantitative estimate of drug-likeness (QED) is 0.912. The summed E-state index contributed by atoms with van der Waals surface area (Å²) in [5.41, 5.74) is 1.70. The van der Waals surface area contributed by atoms with E-state index in [0.717, 1.165) is 30.7 Å². The first-order valence-corrected chi connectivity index (χ1v) is 8.17. The van der Waals surface area contributed by atoms with Crippen molar-refractivity contribution in [2.45, 2.75) is 31.4 Å². The number of nitrogens with one attached hydrogen (secondary N) is 1. The third-order valence-corrected chi connectivity index (χ3v) is 4.14. The van der Waals surface area contributed by atoms with Crippen molar-refractivity contribution in [1.29, 1.82) is 0 Å². The van der Waals surface area contributed by atoms with E-state index >= 15 is 0 Å². The number of rotatable bonds is 5. The molecule has 5 heteroatoms. The minimum atomic E-state index is -0.316. The molecule has 0 bridgehead atoms. The minimum absolute atomic E-state index is 0.0266. The Labute approximate surface area is 140 Å². The molecular weight excluding hydrogens is 312 g/mol. The topological polar surface area (TPSA) is 51.2 Å². The Bertz CT molecular complexity index is 657. The average molecular weight is 331 g/mol. The van der Waals surface area contributed by atoms with E-state index in [1.807, 2.05) is 42.5 Å². The van der Waals surface area contributed by atoms with E-state index in [0.29, 0.717) is 11.4 Å². The number of amides is 1. The summed E-state index contributed by atoms with van der Waals surface area (Å²) in [6.07, 6.45) is 4.09. The Morgan fingerprint density at radius 2 is 2.26 bits per heavy atom. The van der Waals surface area contributed by atoms with Crippen LogP contribution in [0.4, 0.5) is 0 Å². The number of hydrogen-bond acceptors (Lipinski definition) is 3. The Kier molecular flexibility index (Phi) is 5.26. The Morgan fingerprint density at radius 3 is 2.96 bits per heavy atom. The Balaban J connectivity index is 1.79. The monoisotopic (exact) mass is 330 g/mol. The molecule has 1 fully saturated rings. The van der Waals surface area contributed by atoms with Gasteiger partial charge in [-0.05, 0) is 42.7 Å². The van der Waals surface area contributed by atoms with E-state index in [1.165, 1.54) is 0 Å². The predicted octanol–water partition coefficient (Wildman–Crippen LogP) is 3.51. The summed E-state index contributed by atoms with van der Waals surface area (Å²) in [7, 11) is 0. The summed E-state index contributed by atoms with van der Waals surface area (Å²) < 4.78 is 5.54. The molecule has 0 unspecified atom stereocenters. The van der Waals surface area contributed by atoms with Crippen LogP contribution in [-0.4, -0.2) is 23.6 Å². The van der Waals surface area contributed by atoms with Gasteiger partial charge in [-0.2, -0.15) is 0 Å². The second kappa shape index (κ2) is 7.57. The summed E-state index contributed by atoms with van der Waals surface area (Å²) in [5, 5.41) is 3.70. The normalized spacial score (nSPS) is 18.6. The van der Waals surface area contributed by atoms with Crippen LogP contribution in [0, 0.1) is 0 Å². The maximum absolute atomic E-state index is 12.4. The Morgan fingerprint density at radius 1 is 1.35 bits per heavy atom. The van der Waals surface area contributed by atoms with Gasteiger partial charge in [-0.15, -0.1) is 0 Å². The predicted molar refractivity (Wildman–Crippen MR) is 89.3 cm³/mol. The highest BCUT2D eigenvalue weighted by Crippen LogP contribution is 2.24. The fourth-order valence-corrected chi connectivity index (χ4v) is 2.99. The fraction of sp³-hybridized carbons (Fsp3) is 0.333. The van der Waals surface area contributed by atoms with Crippen LogP contribution in [0.5, 0.6) is 0 Å². The maximum atomic E-state index is 12.4. The second-order valence-corrected chi connectivity index (χ2v) is 6.09. The lowest BCUT2D eigenvalue weighted by Crippen LogP contribution is -2.32. The lowest BCUT2D eigenvalue weighted by molar-refractivity contribution is -0.123. The fourth-order valence-electron chi connectivity index (χ4n) is 2.79. The lowest BCUT2D eigenvalue weighted by Gasteiger charge is -2.20. The molecule has 1 aromatic carbocycles. The van der Waals surface area contributed by atoms with E-state index in [4.69, 9.17) is 16.3 Å². The summed E-state index contributed by atoms with van der Waals surface area (Å²) in [4.78, 5) is 16.8. The highest BCUT2D eigenvalue weighted by molar-refractivity contribution is 6.30. The molecule has 23 heavy (non-hydrogen) atoms. The van der Waals surface area contributed by atoms with Gasteiger partial charge in [0.15, 0.2) is 0 Å². The van der Waals surface area contributed by atoms with Gasteiger partial charge in [-0.25, -0.2) is 0 Å². The van der Waals surface area contributed by atoms with Crippen LogP contribution in [0.25, 0.3) is 0 Å². The second-order valence-electron chi connectivity index (χ2n) is 5.65. The van der Waals surface area contributed by atoms with Crippen molar-refractivity contribution in [3.63, 3.8) is 0 Å². The van der Waals surface area contributed by atoms with Crippen LogP contribution >= 0.6 is 11.6 Å². The molecular formula is C18H19ClN2O2. The molecule has 1 aromatic heterocycles. The summed E-state index contributed by atoms with van der Waals surface area (Å²) in [5.74, 6) is -0.0347. The van der Waals surface area contributed by atoms with Gasteiger partial charge in [0.25, 0.3) is 0 Å². The van der Waals surface area contributed by atoms with Crippen LogP contribution in [-0.2, 0) is 9.53 Å². The molecule has 1 aliphatic rings. The summed E-state index contributed by atoms with van der Waals surface area (Å²) >= 11 is 6.10. The smallest absolute Gasteiger partial charge is 0.223 e. The largest absolute Gasteiger partial charge is 0.378 e. The third kappa shape index (κ3) is 4.30. The molecule has 1 N–H and O–H groups in total. The van der Waals surface area contributed by atoms with Crippen LogP contribution in [0.1, 0.15) is 36.6 Å². The van der Waals surface area contributed by atoms with Crippen molar-refractivity contribution in [1.82, 2.24) is 10.3 Å². The first-order chi connectivity index (χ1) is 11.2. The molecule has 4 nitrogen and oxygen atoms in total. The molecule has 3 rings (SSSR count). The maximum Gasteiger partial charge on any atom is 0.223 e.